The van der Waals surface area contributed by atoms with Gasteiger partial charge in [0.1, 0.15) is 11.5 Å². The van der Waals surface area contributed by atoms with Gasteiger partial charge in [-0.05, 0) is 6.07 Å². The van der Waals surface area contributed by atoms with Crippen molar-refractivity contribution in [2.45, 2.75) is 13.0 Å². The second kappa shape index (κ2) is 4.81. The van der Waals surface area contributed by atoms with Crippen LogP contribution in [0.25, 0.3) is 0 Å². The molecule has 0 unspecified atom stereocenters. The van der Waals surface area contributed by atoms with Gasteiger partial charge in [-0.3, -0.25) is 0 Å². The van der Waals surface area contributed by atoms with E-state index in [-0.39, 0.29) is 0 Å². The Bertz CT molecular complexity index is 466. The molecule has 0 aliphatic rings. The third-order valence-electron chi connectivity index (χ3n) is 2.37. The van der Waals surface area contributed by atoms with Gasteiger partial charge in [-0.2, -0.15) is 0 Å². The van der Waals surface area contributed by atoms with Crippen LogP contribution in [-0.2, 0) is 13.0 Å². The molecule has 1 aromatic heterocycles. The van der Waals surface area contributed by atoms with E-state index in [2.05, 4.69) is 5.16 Å². The van der Waals surface area contributed by atoms with Crippen LogP contribution in [0.15, 0.2) is 34.9 Å². The lowest BCUT2D eigenvalue weighted by Gasteiger charge is -2.05. The molecular formula is C12H14N2O2. The quantitative estimate of drug-likeness (QED) is 0.849. The van der Waals surface area contributed by atoms with Crippen molar-refractivity contribution < 1.29 is 9.26 Å². The van der Waals surface area contributed by atoms with E-state index in [4.69, 9.17) is 15.0 Å². The average Bonchev–Trinajstić information content (AvgIpc) is 2.77. The van der Waals surface area contributed by atoms with Crippen molar-refractivity contribution >= 4 is 0 Å². The predicted octanol–water partition coefficient (Wildman–Crippen LogP) is 1.73. The monoisotopic (exact) mass is 218 g/mol. The number of ether oxygens (including phenoxy) is 1. The van der Waals surface area contributed by atoms with E-state index in [0.717, 1.165) is 22.8 Å². The maximum absolute atomic E-state index is 5.47. The van der Waals surface area contributed by atoms with Gasteiger partial charge in [0.25, 0.3) is 0 Å². The molecule has 0 saturated heterocycles. The van der Waals surface area contributed by atoms with Gasteiger partial charge >= 0.3 is 0 Å². The normalized spacial score (nSPS) is 10.4. The number of benzene rings is 1. The highest BCUT2D eigenvalue weighted by Crippen LogP contribution is 2.21. The van der Waals surface area contributed by atoms with Gasteiger partial charge in [-0.25, -0.2) is 0 Å². The molecule has 0 fully saturated rings. The van der Waals surface area contributed by atoms with Crippen molar-refractivity contribution in [1.29, 1.82) is 0 Å². The first-order valence-electron chi connectivity index (χ1n) is 5.10. The van der Waals surface area contributed by atoms with E-state index in [9.17, 15) is 0 Å². The van der Waals surface area contributed by atoms with Crippen LogP contribution in [0.3, 0.4) is 0 Å². The Morgan fingerprint density at radius 2 is 2.19 bits per heavy atom. The summed E-state index contributed by atoms with van der Waals surface area (Å²) in [6.45, 7) is 0.398. The van der Waals surface area contributed by atoms with Crippen LogP contribution in [-0.4, -0.2) is 12.3 Å². The molecule has 4 nitrogen and oxygen atoms in total. The smallest absolute Gasteiger partial charge is 0.141 e. The molecule has 0 bridgehead atoms. The third kappa shape index (κ3) is 2.23. The zero-order chi connectivity index (χ0) is 11.4. The largest absolute Gasteiger partial charge is 0.496 e. The predicted molar refractivity (Wildman–Crippen MR) is 60.2 cm³/mol. The zero-order valence-electron chi connectivity index (χ0n) is 9.14. The first-order valence-corrected chi connectivity index (χ1v) is 5.10. The average molecular weight is 218 g/mol. The Balaban J connectivity index is 2.19. The number of methoxy groups -OCH3 is 1. The Labute approximate surface area is 94.0 Å². The number of hydrogen-bond donors (Lipinski definition) is 1. The molecule has 84 valence electrons. The topological polar surface area (TPSA) is 61.3 Å². The second-order valence-electron chi connectivity index (χ2n) is 3.48. The molecule has 0 radical (unpaired) electrons. The summed E-state index contributed by atoms with van der Waals surface area (Å²) in [5.74, 6) is 1.65. The molecular weight excluding hydrogens is 204 g/mol. The number of hydrogen-bond acceptors (Lipinski definition) is 4. The number of rotatable bonds is 4. The van der Waals surface area contributed by atoms with E-state index in [1.165, 1.54) is 0 Å². The molecule has 2 rings (SSSR count). The van der Waals surface area contributed by atoms with E-state index < -0.39 is 0 Å². The van der Waals surface area contributed by atoms with Gasteiger partial charge in [0.2, 0.25) is 0 Å². The van der Waals surface area contributed by atoms with E-state index >= 15 is 0 Å². The highest BCUT2D eigenvalue weighted by atomic mass is 16.5. The fourth-order valence-corrected chi connectivity index (χ4v) is 1.57. The van der Waals surface area contributed by atoms with Crippen LogP contribution in [0, 0.1) is 0 Å². The lowest BCUT2D eigenvalue weighted by atomic mass is 10.1. The van der Waals surface area contributed by atoms with Crippen LogP contribution in [0.5, 0.6) is 5.75 Å². The fraction of sp³-hybridized carbons (Fsp3) is 0.250. The lowest BCUT2D eigenvalue weighted by Crippen LogP contribution is -1.95. The maximum atomic E-state index is 5.47. The highest BCUT2D eigenvalue weighted by molar-refractivity contribution is 5.35. The van der Waals surface area contributed by atoms with Gasteiger partial charge in [0, 0.05) is 24.6 Å². The SMILES string of the molecule is COc1ccccc1Cc1cc(CN)no1. The van der Waals surface area contributed by atoms with Crippen LogP contribution < -0.4 is 10.5 Å². The van der Waals surface area contributed by atoms with Crippen molar-refractivity contribution in [3.8, 4) is 5.75 Å². The van der Waals surface area contributed by atoms with Crippen molar-refractivity contribution in [1.82, 2.24) is 5.16 Å². The standard InChI is InChI=1S/C12H14N2O2/c1-15-12-5-3-2-4-9(12)6-11-7-10(8-13)14-16-11/h2-5,7H,6,8,13H2,1H3. The lowest BCUT2D eigenvalue weighted by molar-refractivity contribution is 0.378. The number of para-hydroxylation sites is 1. The van der Waals surface area contributed by atoms with Crippen LogP contribution in [0.4, 0.5) is 0 Å². The summed E-state index contributed by atoms with van der Waals surface area (Å²) in [6.07, 6.45) is 0.664. The van der Waals surface area contributed by atoms with Gasteiger partial charge in [0.05, 0.1) is 12.8 Å². The molecule has 0 saturated carbocycles. The minimum atomic E-state index is 0.398. The minimum absolute atomic E-state index is 0.398. The van der Waals surface area contributed by atoms with Gasteiger partial charge < -0.3 is 15.0 Å². The molecule has 1 aromatic carbocycles. The van der Waals surface area contributed by atoms with Gasteiger partial charge in [0.15, 0.2) is 0 Å². The van der Waals surface area contributed by atoms with Crippen molar-refractivity contribution in [3.63, 3.8) is 0 Å². The number of aromatic nitrogens is 1. The molecule has 0 spiro atoms. The molecule has 0 atom stereocenters. The number of nitrogens with zero attached hydrogens (tertiary/aromatic N) is 1. The van der Waals surface area contributed by atoms with E-state index in [1.807, 2.05) is 30.3 Å². The second-order valence-corrected chi connectivity index (χ2v) is 3.48. The van der Waals surface area contributed by atoms with Crippen molar-refractivity contribution in [2.24, 2.45) is 5.73 Å². The molecule has 16 heavy (non-hydrogen) atoms. The first kappa shape index (κ1) is 10.7. The van der Waals surface area contributed by atoms with Crippen molar-refractivity contribution in [2.75, 3.05) is 7.11 Å². The Hall–Kier alpha value is -1.81. The summed E-state index contributed by atoms with van der Waals surface area (Å²) in [7, 11) is 1.66. The van der Waals surface area contributed by atoms with Crippen molar-refractivity contribution in [3.05, 3.63) is 47.3 Å². The summed E-state index contributed by atoms with van der Waals surface area (Å²) < 4.78 is 10.4. The Morgan fingerprint density at radius 3 is 2.88 bits per heavy atom. The van der Waals surface area contributed by atoms with E-state index in [1.54, 1.807) is 7.11 Å². The Kier molecular flexibility index (Phi) is 3.22. The van der Waals surface area contributed by atoms with Crippen LogP contribution >= 0.6 is 0 Å². The fourth-order valence-electron chi connectivity index (χ4n) is 1.57. The molecule has 0 amide bonds. The summed E-state index contributed by atoms with van der Waals surface area (Å²) in [6, 6.07) is 9.71. The van der Waals surface area contributed by atoms with Gasteiger partial charge in [-0.15, -0.1) is 0 Å². The number of nitrogens with two attached hydrogens (primary N) is 1. The summed E-state index contributed by atoms with van der Waals surface area (Å²) in [4.78, 5) is 0. The summed E-state index contributed by atoms with van der Waals surface area (Å²) in [5.41, 5.74) is 7.31. The summed E-state index contributed by atoms with van der Waals surface area (Å²) >= 11 is 0. The maximum Gasteiger partial charge on any atom is 0.141 e. The molecule has 1 heterocycles. The Morgan fingerprint density at radius 1 is 1.38 bits per heavy atom. The highest BCUT2D eigenvalue weighted by Gasteiger charge is 2.07. The molecule has 2 N–H and O–H groups in total. The van der Waals surface area contributed by atoms with Gasteiger partial charge in [-0.1, -0.05) is 23.4 Å². The zero-order valence-corrected chi connectivity index (χ0v) is 9.14. The molecule has 0 aliphatic heterocycles. The van der Waals surface area contributed by atoms with Crippen LogP contribution in [0.2, 0.25) is 0 Å². The third-order valence-corrected chi connectivity index (χ3v) is 2.37. The first-order chi connectivity index (χ1) is 7.83. The summed E-state index contributed by atoms with van der Waals surface area (Å²) in [5, 5.41) is 3.85. The molecule has 2 aromatic rings. The minimum Gasteiger partial charge on any atom is -0.496 e. The van der Waals surface area contributed by atoms with E-state index in [0.29, 0.717) is 13.0 Å². The molecule has 4 heteroatoms. The molecule has 0 aliphatic carbocycles. The van der Waals surface area contributed by atoms with Crippen LogP contribution in [0.1, 0.15) is 17.0 Å².